The molecule has 1 saturated heterocycles. The maximum Gasteiger partial charge on any atom is 0.160 e. The van der Waals surface area contributed by atoms with Crippen LogP contribution in [0, 0.1) is 5.82 Å². The van der Waals surface area contributed by atoms with Gasteiger partial charge in [-0.2, -0.15) is 0 Å². The summed E-state index contributed by atoms with van der Waals surface area (Å²) in [5, 5.41) is 3.62. The van der Waals surface area contributed by atoms with E-state index in [0.29, 0.717) is 6.54 Å². The third-order valence-corrected chi connectivity index (χ3v) is 4.52. The summed E-state index contributed by atoms with van der Waals surface area (Å²) in [4.78, 5) is 9.24. The van der Waals surface area contributed by atoms with Crippen LogP contribution in [0.5, 0.6) is 0 Å². The fourth-order valence-electron chi connectivity index (χ4n) is 3.12. The van der Waals surface area contributed by atoms with Crippen LogP contribution in [0.3, 0.4) is 0 Å². The molecule has 1 aliphatic heterocycles. The lowest BCUT2D eigenvalue weighted by Crippen LogP contribution is -2.18. The van der Waals surface area contributed by atoms with Crippen LogP contribution < -0.4 is 5.32 Å². The lowest BCUT2D eigenvalue weighted by atomic mass is 10.2. The summed E-state index contributed by atoms with van der Waals surface area (Å²) in [5.74, 6) is 0.582. The number of nitrogens with zero attached hydrogens (tertiary/aromatic N) is 3. The first-order valence-electron chi connectivity index (χ1n) is 7.71. The second-order valence-corrected chi connectivity index (χ2v) is 6.21. The molecule has 0 spiro atoms. The molecule has 0 saturated carbocycles. The Hall–Kier alpha value is -1.98. The number of imidazole rings is 1. The zero-order valence-electron chi connectivity index (χ0n) is 12.5. The molecule has 23 heavy (non-hydrogen) atoms. The van der Waals surface area contributed by atoms with Gasteiger partial charge in [0.1, 0.15) is 17.2 Å². The quantitative estimate of drug-likeness (QED) is 0.796. The molecule has 2 aromatic heterocycles. The number of hydrogen-bond donors (Lipinski definition) is 1. The van der Waals surface area contributed by atoms with Crippen molar-refractivity contribution < 1.29 is 4.39 Å². The number of benzene rings is 1. The van der Waals surface area contributed by atoms with E-state index in [1.165, 1.54) is 6.07 Å². The highest BCUT2D eigenvalue weighted by Gasteiger charge is 2.23. The molecule has 1 aliphatic rings. The summed E-state index contributed by atoms with van der Waals surface area (Å²) in [6.07, 6.45) is 3.97. The second-order valence-electron chi connectivity index (χ2n) is 5.80. The smallest absolute Gasteiger partial charge is 0.160 e. The van der Waals surface area contributed by atoms with E-state index in [4.69, 9.17) is 16.6 Å². The van der Waals surface area contributed by atoms with Crippen LogP contribution in [0.1, 0.15) is 30.3 Å². The number of aromatic nitrogens is 3. The Morgan fingerprint density at radius 3 is 3.04 bits per heavy atom. The number of rotatable bonds is 3. The SMILES string of the molecule is Fc1ccc(Cn2c([C@H]3CCCN3)nc3cccnc32)cc1Cl. The van der Waals surface area contributed by atoms with Gasteiger partial charge < -0.3 is 9.88 Å². The minimum absolute atomic E-state index is 0.139. The van der Waals surface area contributed by atoms with Gasteiger partial charge in [0, 0.05) is 6.20 Å². The molecule has 4 nitrogen and oxygen atoms in total. The average Bonchev–Trinajstić information content (AvgIpc) is 3.19. The van der Waals surface area contributed by atoms with Crippen LogP contribution in [0.25, 0.3) is 11.2 Å². The van der Waals surface area contributed by atoms with E-state index < -0.39 is 5.82 Å². The van der Waals surface area contributed by atoms with Crippen molar-refractivity contribution in [3.05, 3.63) is 58.8 Å². The summed E-state index contributed by atoms with van der Waals surface area (Å²) in [7, 11) is 0. The molecule has 3 aromatic rings. The van der Waals surface area contributed by atoms with E-state index >= 15 is 0 Å². The van der Waals surface area contributed by atoms with Crippen LogP contribution in [0.4, 0.5) is 4.39 Å². The first-order valence-corrected chi connectivity index (χ1v) is 8.08. The number of fused-ring (bicyclic) bond motifs is 1. The molecule has 6 heteroatoms. The van der Waals surface area contributed by atoms with Gasteiger partial charge in [-0.25, -0.2) is 14.4 Å². The van der Waals surface area contributed by atoms with Crippen molar-refractivity contribution in [3.63, 3.8) is 0 Å². The van der Waals surface area contributed by atoms with Gasteiger partial charge in [0.25, 0.3) is 0 Å². The van der Waals surface area contributed by atoms with E-state index in [1.807, 2.05) is 12.1 Å². The molecule has 0 radical (unpaired) electrons. The Kier molecular flexibility index (Phi) is 3.75. The van der Waals surface area contributed by atoms with Gasteiger partial charge in [-0.05, 0) is 49.2 Å². The third kappa shape index (κ3) is 2.71. The van der Waals surface area contributed by atoms with Crippen molar-refractivity contribution in [1.82, 2.24) is 19.9 Å². The van der Waals surface area contributed by atoms with E-state index in [2.05, 4.69) is 14.9 Å². The Morgan fingerprint density at radius 2 is 2.26 bits per heavy atom. The molecule has 0 amide bonds. The van der Waals surface area contributed by atoms with Gasteiger partial charge in [-0.1, -0.05) is 17.7 Å². The molecule has 0 aliphatic carbocycles. The van der Waals surface area contributed by atoms with Crippen LogP contribution in [0.2, 0.25) is 5.02 Å². The predicted molar refractivity (Wildman–Crippen MR) is 88.0 cm³/mol. The van der Waals surface area contributed by atoms with E-state index in [9.17, 15) is 4.39 Å². The number of nitrogens with one attached hydrogen (secondary N) is 1. The Bertz CT molecular complexity index is 855. The van der Waals surface area contributed by atoms with Crippen molar-refractivity contribution in [3.8, 4) is 0 Å². The summed E-state index contributed by atoms with van der Waals surface area (Å²) >= 11 is 5.91. The summed E-state index contributed by atoms with van der Waals surface area (Å²) in [6, 6.07) is 8.91. The van der Waals surface area contributed by atoms with Gasteiger partial charge in [0.2, 0.25) is 0 Å². The Balaban J connectivity index is 1.80. The molecule has 0 unspecified atom stereocenters. The lowest BCUT2D eigenvalue weighted by molar-refractivity contribution is 0.569. The van der Waals surface area contributed by atoms with E-state index in [-0.39, 0.29) is 11.1 Å². The summed E-state index contributed by atoms with van der Waals surface area (Å²) < 4.78 is 15.5. The van der Waals surface area contributed by atoms with E-state index in [0.717, 1.165) is 41.9 Å². The van der Waals surface area contributed by atoms with E-state index in [1.54, 1.807) is 18.3 Å². The van der Waals surface area contributed by atoms with Crippen LogP contribution >= 0.6 is 11.6 Å². The second kappa shape index (κ2) is 5.91. The van der Waals surface area contributed by atoms with Crippen molar-refractivity contribution in [1.29, 1.82) is 0 Å². The lowest BCUT2D eigenvalue weighted by Gasteiger charge is -2.14. The topological polar surface area (TPSA) is 42.7 Å². The summed E-state index contributed by atoms with van der Waals surface area (Å²) in [6.45, 7) is 1.57. The van der Waals surface area contributed by atoms with Crippen LogP contribution in [-0.4, -0.2) is 21.1 Å². The van der Waals surface area contributed by atoms with Crippen molar-refractivity contribution in [2.45, 2.75) is 25.4 Å². The largest absolute Gasteiger partial charge is 0.307 e. The number of halogens is 2. The van der Waals surface area contributed by atoms with Crippen molar-refractivity contribution in [2.24, 2.45) is 0 Å². The van der Waals surface area contributed by atoms with Gasteiger partial charge in [-0.3, -0.25) is 0 Å². The number of hydrogen-bond acceptors (Lipinski definition) is 3. The van der Waals surface area contributed by atoms with Gasteiger partial charge >= 0.3 is 0 Å². The van der Waals surface area contributed by atoms with Crippen LogP contribution in [0.15, 0.2) is 36.5 Å². The van der Waals surface area contributed by atoms with Gasteiger partial charge in [-0.15, -0.1) is 0 Å². The Labute approximate surface area is 138 Å². The molecule has 0 bridgehead atoms. The highest BCUT2D eigenvalue weighted by molar-refractivity contribution is 6.30. The first-order chi connectivity index (χ1) is 11.2. The predicted octanol–water partition coefficient (Wildman–Crippen LogP) is 3.70. The molecule has 1 fully saturated rings. The molecule has 4 rings (SSSR count). The van der Waals surface area contributed by atoms with Gasteiger partial charge in [0.15, 0.2) is 5.65 Å². The molecular weight excluding hydrogens is 315 g/mol. The Morgan fingerprint density at radius 1 is 1.35 bits per heavy atom. The average molecular weight is 331 g/mol. The highest BCUT2D eigenvalue weighted by atomic mass is 35.5. The monoisotopic (exact) mass is 330 g/mol. The minimum Gasteiger partial charge on any atom is -0.307 e. The highest BCUT2D eigenvalue weighted by Crippen LogP contribution is 2.27. The molecule has 118 valence electrons. The number of pyridine rings is 1. The van der Waals surface area contributed by atoms with Crippen molar-refractivity contribution in [2.75, 3.05) is 6.54 Å². The molecule has 1 atom stereocenters. The summed E-state index contributed by atoms with van der Waals surface area (Å²) in [5.41, 5.74) is 2.65. The van der Waals surface area contributed by atoms with Crippen molar-refractivity contribution >= 4 is 22.8 Å². The zero-order chi connectivity index (χ0) is 15.8. The molecule has 3 heterocycles. The third-order valence-electron chi connectivity index (χ3n) is 4.23. The minimum atomic E-state index is -0.401. The van der Waals surface area contributed by atoms with Gasteiger partial charge in [0.05, 0.1) is 17.6 Å². The molecular formula is C17H16ClFN4. The molecule has 1 aromatic carbocycles. The fraction of sp³-hybridized carbons (Fsp3) is 0.294. The maximum atomic E-state index is 13.4. The molecule has 1 N–H and O–H groups in total. The maximum absolute atomic E-state index is 13.4. The fourth-order valence-corrected chi connectivity index (χ4v) is 3.33. The van der Waals surface area contributed by atoms with Crippen LogP contribution in [-0.2, 0) is 6.54 Å². The normalized spacial score (nSPS) is 17.9. The zero-order valence-corrected chi connectivity index (χ0v) is 13.2. The first kappa shape index (κ1) is 14.6. The standard InChI is InChI=1S/C17H16ClFN4/c18-12-9-11(5-6-13(12)19)10-23-16-15(4-2-8-21-16)22-17(23)14-3-1-7-20-14/h2,4-6,8-9,14,20H,1,3,7,10H2/t14-/m1/s1.